The third-order valence-corrected chi connectivity index (χ3v) is 5.56. The maximum absolute atomic E-state index is 12.2. The second-order valence-corrected chi connectivity index (χ2v) is 7.15. The fraction of sp³-hybridized carbons (Fsp3) is 0.471. The van der Waals surface area contributed by atoms with Crippen molar-refractivity contribution in [3.63, 3.8) is 0 Å². The van der Waals surface area contributed by atoms with E-state index in [1.165, 1.54) is 12.8 Å². The molecule has 2 amide bonds. The lowest BCUT2D eigenvalue weighted by Crippen LogP contribution is -2.45. The third kappa shape index (κ3) is 3.90. The minimum Gasteiger partial charge on any atom is -0.334 e. The third-order valence-electron chi connectivity index (χ3n) is 4.39. The normalized spacial score (nSPS) is 21.4. The van der Waals surface area contributed by atoms with Crippen LogP contribution in [0.15, 0.2) is 36.5 Å². The first-order valence-corrected chi connectivity index (χ1v) is 9.53. The number of urea groups is 1. The number of amides is 2. The molecular weight excluding hydrogens is 322 g/mol. The molecule has 3 atom stereocenters. The summed E-state index contributed by atoms with van der Waals surface area (Å²) in [4.78, 5) is 12.2. The molecule has 1 aliphatic carbocycles. The van der Waals surface area contributed by atoms with Gasteiger partial charge in [0.25, 0.3) is 0 Å². The predicted octanol–water partition coefficient (Wildman–Crippen LogP) is 2.91. The topological polar surface area (TPSA) is 71.8 Å². The van der Waals surface area contributed by atoms with Gasteiger partial charge in [-0.1, -0.05) is 29.8 Å². The van der Waals surface area contributed by atoms with Crippen LogP contribution in [0.4, 0.5) is 4.79 Å². The van der Waals surface area contributed by atoms with E-state index in [1.807, 2.05) is 55.2 Å². The van der Waals surface area contributed by atoms with E-state index in [2.05, 4.69) is 27.2 Å². The van der Waals surface area contributed by atoms with E-state index in [4.69, 9.17) is 0 Å². The molecule has 0 bridgehead atoms. The number of aromatic nitrogens is 3. The highest BCUT2D eigenvalue weighted by Crippen LogP contribution is 2.28. The molecule has 1 aliphatic rings. The summed E-state index contributed by atoms with van der Waals surface area (Å²) >= 11 is 1.83. The molecule has 128 valence electrons. The Balaban J connectivity index is 1.58. The summed E-state index contributed by atoms with van der Waals surface area (Å²) in [6.45, 7) is 1.92. The Morgan fingerprint density at radius 2 is 2.12 bits per heavy atom. The highest BCUT2D eigenvalue weighted by molar-refractivity contribution is 7.99. The number of thioether (sulfide) groups is 1. The lowest BCUT2D eigenvalue weighted by molar-refractivity contribution is 0.234. The molecule has 1 fully saturated rings. The van der Waals surface area contributed by atoms with Crippen LogP contribution in [-0.4, -0.2) is 38.6 Å². The fourth-order valence-corrected chi connectivity index (χ4v) is 3.97. The van der Waals surface area contributed by atoms with E-state index in [9.17, 15) is 4.79 Å². The molecule has 1 aromatic heterocycles. The summed E-state index contributed by atoms with van der Waals surface area (Å²) in [5, 5.41) is 14.9. The monoisotopic (exact) mass is 345 g/mol. The lowest BCUT2D eigenvalue weighted by atomic mass is 10.2. The zero-order valence-electron chi connectivity index (χ0n) is 14.0. The van der Waals surface area contributed by atoms with Gasteiger partial charge in [0.05, 0.1) is 17.9 Å². The molecule has 0 aliphatic heterocycles. The Labute approximate surface area is 146 Å². The van der Waals surface area contributed by atoms with Gasteiger partial charge in [0.15, 0.2) is 0 Å². The van der Waals surface area contributed by atoms with Gasteiger partial charge in [-0.25, -0.2) is 9.48 Å². The van der Waals surface area contributed by atoms with Gasteiger partial charge in [0, 0.05) is 11.3 Å². The Kier molecular flexibility index (Phi) is 5.40. The molecule has 1 aromatic carbocycles. The summed E-state index contributed by atoms with van der Waals surface area (Å²) in [5.41, 5.74) is 1.68. The van der Waals surface area contributed by atoms with Crippen LogP contribution in [0.5, 0.6) is 0 Å². The average Bonchev–Trinajstić information content (AvgIpc) is 3.24. The van der Waals surface area contributed by atoms with Gasteiger partial charge in [-0.2, -0.15) is 11.8 Å². The Morgan fingerprint density at radius 1 is 1.33 bits per heavy atom. The van der Waals surface area contributed by atoms with Crippen LogP contribution in [0.3, 0.4) is 0 Å². The van der Waals surface area contributed by atoms with Crippen molar-refractivity contribution in [3.8, 4) is 5.69 Å². The molecule has 2 N–H and O–H groups in total. The van der Waals surface area contributed by atoms with Crippen molar-refractivity contribution in [3.05, 3.63) is 42.2 Å². The second-order valence-electron chi connectivity index (χ2n) is 6.07. The molecular formula is C17H23N5OS. The number of carbonyl (C=O) groups excluding carboxylic acids is 1. The Bertz CT molecular complexity index is 675. The fourth-order valence-electron chi connectivity index (χ4n) is 3.04. The van der Waals surface area contributed by atoms with Crippen LogP contribution in [0, 0.1) is 0 Å². The molecule has 1 heterocycles. The first kappa shape index (κ1) is 16.8. The average molecular weight is 345 g/mol. The van der Waals surface area contributed by atoms with E-state index >= 15 is 0 Å². The van der Waals surface area contributed by atoms with Crippen LogP contribution in [0.25, 0.3) is 5.69 Å². The minimum absolute atomic E-state index is 0.136. The molecule has 1 saturated carbocycles. The number of para-hydroxylation sites is 1. The number of rotatable bonds is 5. The van der Waals surface area contributed by atoms with E-state index in [-0.39, 0.29) is 18.1 Å². The van der Waals surface area contributed by atoms with Gasteiger partial charge in [-0.3, -0.25) is 0 Å². The summed E-state index contributed by atoms with van der Waals surface area (Å²) in [6, 6.07) is 9.72. The van der Waals surface area contributed by atoms with Crippen molar-refractivity contribution in [1.82, 2.24) is 25.6 Å². The van der Waals surface area contributed by atoms with E-state index in [0.717, 1.165) is 17.8 Å². The van der Waals surface area contributed by atoms with E-state index in [1.54, 1.807) is 4.68 Å². The molecule has 24 heavy (non-hydrogen) atoms. The number of hydrogen-bond donors (Lipinski definition) is 2. The highest BCUT2D eigenvalue weighted by atomic mass is 32.2. The summed E-state index contributed by atoms with van der Waals surface area (Å²) in [7, 11) is 0. The largest absolute Gasteiger partial charge is 0.334 e. The maximum atomic E-state index is 12.2. The van der Waals surface area contributed by atoms with Gasteiger partial charge >= 0.3 is 6.03 Å². The summed E-state index contributed by atoms with van der Waals surface area (Å²) in [6.07, 6.45) is 7.36. The van der Waals surface area contributed by atoms with Crippen molar-refractivity contribution in [2.75, 3.05) is 6.26 Å². The highest BCUT2D eigenvalue weighted by Gasteiger charge is 2.28. The molecule has 3 rings (SSSR count). The molecule has 6 nitrogen and oxygen atoms in total. The predicted molar refractivity (Wildman–Crippen MR) is 96.4 cm³/mol. The number of benzene rings is 1. The first-order chi connectivity index (χ1) is 11.7. The molecule has 7 heteroatoms. The van der Waals surface area contributed by atoms with Crippen LogP contribution in [0.2, 0.25) is 0 Å². The Morgan fingerprint density at radius 3 is 2.88 bits per heavy atom. The van der Waals surface area contributed by atoms with Crippen LogP contribution >= 0.6 is 11.8 Å². The first-order valence-electron chi connectivity index (χ1n) is 8.25. The molecule has 0 saturated heterocycles. The van der Waals surface area contributed by atoms with Crippen molar-refractivity contribution in [2.45, 2.75) is 43.5 Å². The van der Waals surface area contributed by atoms with Gasteiger partial charge < -0.3 is 10.6 Å². The van der Waals surface area contributed by atoms with Gasteiger partial charge in [0.1, 0.15) is 5.69 Å². The number of nitrogens with zero attached hydrogens (tertiary/aromatic N) is 3. The van der Waals surface area contributed by atoms with E-state index < -0.39 is 0 Å². The number of nitrogens with one attached hydrogen (secondary N) is 2. The van der Waals surface area contributed by atoms with Crippen molar-refractivity contribution < 1.29 is 4.79 Å². The molecule has 0 spiro atoms. The number of carbonyl (C=O) groups is 1. The zero-order chi connectivity index (χ0) is 16.9. The SMILES string of the molecule is CS[C@@H]1CCC[C@H]1NC(=O)N[C@H](C)c1cn(-c2ccccc2)nn1. The van der Waals surface area contributed by atoms with Crippen molar-refractivity contribution >= 4 is 17.8 Å². The summed E-state index contributed by atoms with van der Waals surface area (Å²) in [5.74, 6) is 0. The smallest absolute Gasteiger partial charge is 0.315 e. The standard InChI is InChI=1S/C17H23N5OS/c1-12(18-17(23)19-14-9-6-10-16(14)24-2)15-11-22(21-20-15)13-7-4-3-5-8-13/h3-5,7-8,11-12,14,16H,6,9-10H2,1-2H3,(H2,18,19,23)/t12-,14-,16-/m1/s1. The van der Waals surface area contributed by atoms with Crippen LogP contribution < -0.4 is 10.6 Å². The molecule has 2 aromatic rings. The molecule has 0 radical (unpaired) electrons. The molecule has 0 unspecified atom stereocenters. The van der Waals surface area contributed by atoms with E-state index in [0.29, 0.717) is 5.25 Å². The van der Waals surface area contributed by atoms with Crippen LogP contribution in [0.1, 0.15) is 37.9 Å². The van der Waals surface area contributed by atoms with Gasteiger partial charge in [-0.05, 0) is 38.2 Å². The zero-order valence-corrected chi connectivity index (χ0v) is 14.8. The second kappa shape index (κ2) is 7.70. The van der Waals surface area contributed by atoms with Crippen molar-refractivity contribution in [1.29, 1.82) is 0 Å². The van der Waals surface area contributed by atoms with Gasteiger partial charge in [0.2, 0.25) is 0 Å². The van der Waals surface area contributed by atoms with Crippen molar-refractivity contribution in [2.24, 2.45) is 0 Å². The maximum Gasteiger partial charge on any atom is 0.315 e. The van der Waals surface area contributed by atoms with Gasteiger partial charge in [-0.15, -0.1) is 5.10 Å². The quantitative estimate of drug-likeness (QED) is 0.874. The van der Waals surface area contributed by atoms with Crippen LogP contribution in [-0.2, 0) is 0 Å². The lowest BCUT2D eigenvalue weighted by Gasteiger charge is -2.20. The summed E-state index contributed by atoms with van der Waals surface area (Å²) < 4.78 is 1.71. The minimum atomic E-state index is -0.198. The Hall–Kier alpha value is -2.02. The number of hydrogen-bond acceptors (Lipinski definition) is 4.